The van der Waals surface area contributed by atoms with Crippen LogP contribution in [0, 0.1) is 10.5 Å². The highest BCUT2D eigenvalue weighted by Crippen LogP contribution is 2.21. The van der Waals surface area contributed by atoms with Gasteiger partial charge in [0.25, 0.3) is 5.91 Å². The van der Waals surface area contributed by atoms with Crippen molar-refractivity contribution in [2.24, 2.45) is 0 Å². The first-order valence-corrected chi connectivity index (χ1v) is 7.61. The number of anilines is 1. The molecule has 0 fully saturated rings. The summed E-state index contributed by atoms with van der Waals surface area (Å²) >= 11 is 11.3. The molecule has 98 valence electrons. The third-order valence-electron chi connectivity index (χ3n) is 2.45. The van der Waals surface area contributed by atoms with Gasteiger partial charge in [0, 0.05) is 19.3 Å². The first-order chi connectivity index (χ1) is 8.97. The Balaban J connectivity index is 2.28. The van der Waals surface area contributed by atoms with E-state index >= 15 is 0 Å². The molecule has 1 N–H and O–H groups in total. The number of rotatable bonds is 2. The van der Waals surface area contributed by atoms with Crippen LogP contribution in [0.1, 0.15) is 15.9 Å². The number of halogens is 3. The quantitative estimate of drug-likeness (QED) is 0.675. The molecule has 0 saturated heterocycles. The van der Waals surface area contributed by atoms with Gasteiger partial charge in [-0.2, -0.15) is 0 Å². The molecule has 1 aromatic heterocycles. The molecule has 0 unspecified atom stereocenters. The standard InChI is InChI=1S/C13H9BrClIN2O/c1-7-4-8(14)6-17-12(7)18-13(19)10-5-9(15)2-3-11(10)16/h2-6H,1H3,(H,17,18,19). The molecule has 2 rings (SSSR count). The van der Waals surface area contributed by atoms with E-state index in [9.17, 15) is 4.79 Å². The van der Waals surface area contributed by atoms with Crippen LogP contribution in [0.4, 0.5) is 5.82 Å². The van der Waals surface area contributed by atoms with Gasteiger partial charge in [0.2, 0.25) is 0 Å². The number of nitrogens with zero attached hydrogens (tertiary/aromatic N) is 1. The van der Waals surface area contributed by atoms with Crippen molar-refractivity contribution in [1.29, 1.82) is 0 Å². The lowest BCUT2D eigenvalue weighted by Crippen LogP contribution is -2.15. The number of pyridine rings is 1. The topological polar surface area (TPSA) is 42.0 Å². The van der Waals surface area contributed by atoms with E-state index < -0.39 is 0 Å². The number of hydrogen-bond donors (Lipinski definition) is 1. The number of carbonyl (C=O) groups excluding carboxylic acids is 1. The highest BCUT2D eigenvalue weighted by Gasteiger charge is 2.12. The largest absolute Gasteiger partial charge is 0.306 e. The Labute approximate surface area is 138 Å². The number of hydrogen-bond acceptors (Lipinski definition) is 2. The summed E-state index contributed by atoms with van der Waals surface area (Å²) in [6.07, 6.45) is 1.64. The third kappa shape index (κ3) is 3.67. The molecule has 0 bridgehead atoms. The van der Waals surface area contributed by atoms with Crippen LogP contribution in [0.3, 0.4) is 0 Å². The second-order valence-corrected chi connectivity index (χ2v) is 6.41. The highest BCUT2D eigenvalue weighted by atomic mass is 127. The molecular weight excluding hydrogens is 442 g/mol. The number of carbonyl (C=O) groups is 1. The van der Waals surface area contributed by atoms with Crippen LogP contribution >= 0.6 is 50.1 Å². The van der Waals surface area contributed by atoms with E-state index in [-0.39, 0.29) is 5.91 Å². The molecule has 19 heavy (non-hydrogen) atoms. The monoisotopic (exact) mass is 450 g/mol. The second-order valence-electron chi connectivity index (χ2n) is 3.90. The van der Waals surface area contributed by atoms with E-state index in [1.807, 2.05) is 13.0 Å². The van der Waals surface area contributed by atoms with Crippen molar-refractivity contribution in [1.82, 2.24) is 4.98 Å². The Kier molecular flexibility index (Phi) is 4.81. The van der Waals surface area contributed by atoms with Gasteiger partial charge in [-0.1, -0.05) is 11.6 Å². The summed E-state index contributed by atoms with van der Waals surface area (Å²) in [5, 5.41) is 3.32. The maximum absolute atomic E-state index is 12.2. The smallest absolute Gasteiger partial charge is 0.257 e. The molecule has 0 radical (unpaired) electrons. The maximum atomic E-state index is 12.2. The molecular formula is C13H9BrClIN2O. The van der Waals surface area contributed by atoms with Gasteiger partial charge in [-0.05, 0) is 75.3 Å². The van der Waals surface area contributed by atoms with Crippen LogP contribution in [0.25, 0.3) is 0 Å². The predicted octanol–water partition coefficient (Wildman–Crippen LogP) is 4.66. The van der Waals surface area contributed by atoms with E-state index in [0.717, 1.165) is 13.6 Å². The average Bonchev–Trinajstić information content (AvgIpc) is 2.35. The fraction of sp³-hybridized carbons (Fsp3) is 0.0769. The minimum Gasteiger partial charge on any atom is -0.306 e. The summed E-state index contributed by atoms with van der Waals surface area (Å²) in [5.41, 5.74) is 1.43. The third-order valence-corrected chi connectivity index (χ3v) is 4.06. The van der Waals surface area contributed by atoms with E-state index in [1.165, 1.54) is 0 Å². The number of aromatic nitrogens is 1. The summed E-state index contributed by atoms with van der Waals surface area (Å²) in [4.78, 5) is 16.4. The molecule has 1 amide bonds. The lowest BCUT2D eigenvalue weighted by atomic mass is 10.2. The van der Waals surface area contributed by atoms with E-state index in [2.05, 4.69) is 48.8 Å². The van der Waals surface area contributed by atoms with E-state index in [1.54, 1.807) is 24.4 Å². The summed E-state index contributed by atoms with van der Waals surface area (Å²) in [5.74, 6) is 0.328. The number of nitrogens with one attached hydrogen (secondary N) is 1. The summed E-state index contributed by atoms with van der Waals surface area (Å²) < 4.78 is 1.72. The van der Waals surface area contributed by atoms with Crippen LogP contribution in [0.2, 0.25) is 5.02 Å². The zero-order valence-electron chi connectivity index (χ0n) is 9.88. The minimum absolute atomic E-state index is 0.218. The number of aryl methyl sites for hydroxylation is 1. The Morgan fingerprint density at radius 3 is 2.84 bits per heavy atom. The van der Waals surface area contributed by atoms with Crippen molar-refractivity contribution in [2.45, 2.75) is 6.92 Å². The van der Waals surface area contributed by atoms with Crippen molar-refractivity contribution < 1.29 is 4.79 Å². The Morgan fingerprint density at radius 1 is 1.42 bits per heavy atom. The lowest BCUT2D eigenvalue weighted by Gasteiger charge is -2.09. The highest BCUT2D eigenvalue weighted by molar-refractivity contribution is 14.1. The lowest BCUT2D eigenvalue weighted by molar-refractivity contribution is 0.102. The summed E-state index contributed by atoms with van der Waals surface area (Å²) in [6, 6.07) is 7.10. The predicted molar refractivity (Wildman–Crippen MR) is 88.8 cm³/mol. The molecule has 3 nitrogen and oxygen atoms in total. The molecule has 6 heteroatoms. The zero-order chi connectivity index (χ0) is 14.0. The Morgan fingerprint density at radius 2 is 2.16 bits per heavy atom. The van der Waals surface area contributed by atoms with Crippen molar-refractivity contribution >= 4 is 61.8 Å². The van der Waals surface area contributed by atoms with E-state index in [0.29, 0.717) is 16.4 Å². The first-order valence-electron chi connectivity index (χ1n) is 5.36. The van der Waals surface area contributed by atoms with Gasteiger partial charge >= 0.3 is 0 Å². The van der Waals surface area contributed by atoms with Crippen molar-refractivity contribution in [3.05, 3.63) is 54.7 Å². The Hall–Kier alpha value is -0.660. The van der Waals surface area contributed by atoms with Gasteiger partial charge in [-0.3, -0.25) is 4.79 Å². The molecule has 0 saturated carbocycles. The van der Waals surface area contributed by atoms with Crippen LogP contribution < -0.4 is 5.32 Å². The van der Waals surface area contributed by atoms with Crippen LogP contribution in [0.5, 0.6) is 0 Å². The van der Waals surface area contributed by atoms with Crippen molar-refractivity contribution in [2.75, 3.05) is 5.32 Å². The van der Waals surface area contributed by atoms with Crippen LogP contribution in [0.15, 0.2) is 34.9 Å². The van der Waals surface area contributed by atoms with Crippen LogP contribution in [-0.4, -0.2) is 10.9 Å². The molecule has 0 aliphatic heterocycles. The normalized spacial score (nSPS) is 10.3. The van der Waals surface area contributed by atoms with Gasteiger partial charge in [0.15, 0.2) is 0 Å². The van der Waals surface area contributed by atoms with Crippen LogP contribution in [-0.2, 0) is 0 Å². The van der Waals surface area contributed by atoms with Gasteiger partial charge in [0.05, 0.1) is 5.56 Å². The summed E-state index contributed by atoms with van der Waals surface area (Å²) in [7, 11) is 0. The van der Waals surface area contributed by atoms with Crippen molar-refractivity contribution in [3.8, 4) is 0 Å². The summed E-state index contributed by atoms with van der Waals surface area (Å²) in [6.45, 7) is 1.89. The fourth-order valence-electron chi connectivity index (χ4n) is 1.52. The van der Waals surface area contributed by atoms with Crippen molar-refractivity contribution in [3.63, 3.8) is 0 Å². The number of benzene rings is 1. The maximum Gasteiger partial charge on any atom is 0.257 e. The average molecular weight is 451 g/mol. The first kappa shape index (κ1) is 14.7. The molecule has 0 spiro atoms. The molecule has 1 aromatic carbocycles. The minimum atomic E-state index is -0.218. The van der Waals surface area contributed by atoms with Gasteiger partial charge < -0.3 is 5.32 Å². The molecule has 0 atom stereocenters. The van der Waals surface area contributed by atoms with Gasteiger partial charge in [-0.25, -0.2) is 4.98 Å². The molecule has 2 aromatic rings. The van der Waals surface area contributed by atoms with E-state index in [4.69, 9.17) is 11.6 Å². The van der Waals surface area contributed by atoms with Gasteiger partial charge in [0.1, 0.15) is 5.82 Å². The Bertz CT molecular complexity index is 649. The van der Waals surface area contributed by atoms with Gasteiger partial charge in [-0.15, -0.1) is 0 Å². The second kappa shape index (κ2) is 6.19. The fourth-order valence-corrected chi connectivity index (χ4v) is 2.72. The molecule has 0 aliphatic rings. The molecule has 1 heterocycles. The zero-order valence-corrected chi connectivity index (χ0v) is 14.4. The SMILES string of the molecule is Cc1cc(Br)cnc1NC(=O)c1cc(Cl)ccc1I. The molecule has 0 aliphatic carbocycles. The number of amides is 1.